The minimum absolute atomic E-state index is 0.0651. The maximum Gasteiger partial charge on any atom is 0.348 e. The Hall–Kier alpha value is -3.12. The van der Waals surface area contributed by atoms with E-state index in [4.69, 9.17) is 9.99 Å². The molecule has 1 aliphatic carbocycles. The first kappa shape index (κ1) is 22.1. The van der Waals surface area contributed by atoms with Gasteiger partial charge in [-0.2, -0.15) is 0 Å². The number of carboxylic acid groups (broad SMARTS) is 2. The van der Waals surface area contributed by atoms with Gasteiger partial charge in [0.15, 0.2) is 12.4 Å². The minimum atomic E-state index is -2.04. The van der Waals surface area contributed by atoms with E-state index in [1.165, 1.54) is 29.5 Å². The summed E-state index contributed by atoms with van der Waals surface area (Å²) in [6.45, 7) is 0.446. The van der Waals surface area contributed by atoms with Crippen molar-refractivity contribution in [3.8, 4) is 0 Å². The summed E-state index contributed by atoms with van der Waals surface area (Å²) in [6.07, 6.45) is 1.90. The second-order valence-corrected chi connectivity index (χ2v) is 8.54. The summed E-state index contributed by atoms with van der Waals surface area (Å²) < 4.78 is 0. The van der Waals surface area contributed by atoms with Crippen molar-refractivity contribution >= 4 is 35.0 Å². The van der Waals surface area contributed by atoms with Crippen LogP contribution < -0.4 is 10.6 Å². The van der Waals surface area contributed by atoms with Gasteiger partial charge < -0.3 is 20.8 Å². The minimum Gasteiger partial charge on any atom is -0.479 e. The average molecular weight is 460 g/mol. The van der Waals surface area contributed by atoms with E-state index in [2.05, 4.69) is 15.5 Å². The monoisotopic (exact) mass is 460 g/mol. The first-order valence-electron chi connectivity index (χ1n) is 9.88. The van der Waals surface area contributed by atoms with E-state index < -0.39 is 29.9 Å². The van der Waals surface area contributed by atoms with Gasteiger partial charge in [-0.05, 0) is 31.0 Å². The van der Waals surface area contributed by atoms with Crippen molar-refractivity contribution in [3.05, 3.63) is 56.3 Å². The van der Waals surface area contributed by atoms with Gasteiger partial charge >= 0.3 is 11.9 Å². The lowest BCUT2D eigenvalue weighted by molar-refractivity contribution is -0.333. The Morgan fingerprint density at radius 1 is 1.22 bits per heavy atom. The van der Waals surface area contributed by atoms with Crippen molar-refractivity contribution in [1.29, 1.82) is 0 Å². The summed E-state index contributed by atoms with van der Waals surface area (Å²) >= 11 is 1.41. The van der Waals surface area contributed by atoms with Crippen LogP contribution in [0, 0.1) is 0 Å². The predicted octanol–water partition coefficient (Wildman–Crippen LogP) is 1.07. The van der Waals surface area contributed by atoms with Crippen LogP contribution in [0.25, 0.3) is 0 Å². The Balaban J connectivity index is 1.44. The molecule has 1 atom stereocenters. The number of hydrogen-bond donors (Lipinski definition) is 4. The molecule has 0 saturated heterocycles. The van der Waals surface area contributed by atoms with Crippen LogP contribution in [0.3, 0.4) is 0 Å². The summed E-state index contributed by atoms with van der Waals surface area (Å²) in [6, 6.07) is 6.20. The zero-order valence-corrected chi connectivity index (χ0v) is 17.6. The molecule has 4 N–H and O–H groups in total. The molecule has 0 saturated carbocycles. The number of carbonyl (C=O) groups is 4. The Kier molecular flexibility index (Phi) is 6.07. The number of aliphatic carboxylic acids is 2. The van der Waals surface area contributed by atoms with Crippen LogP contribution in [0.4, 0.5) is 0 Å². The SMILES string of the molecule is O=C(O)COOC1(C(=O)O)c2cccc(C(=O)CNC(=O)c3cc4c(s3)CCCNC4)c21. The third kappa shape index (κ3) is 4.02. The van der Waals surface area contributed by atoms with Gasteiger partial charge in [0.1, 0.15) is 0 Å². The average Bonchev–Trinajstić information content (AvgIpc) is 3.34. The molecule has 2 aromatic rings. The van der Waals surface area contributed by atoms with E-state index in [-0.39, 0.29) is 29.1 Å². The molecule has 0 fully saturated rings. The molecule has 4 rings (SSSR count). The molecule has 1 aliphatic heterocycles. The Morgan fingerprint density at radius 2 is 2.03 bits per heavy atom. The standard InChI is InChI=1S/C21H20N2O8S/c24-14(9-23-19(27)16-7-11-8-22-6-2-5-15(11)32-16)12-3-1-4-13-18(12)21(13,20(28)29)31-30-10-17(25)26/h1,3-4,7,22H,2,5-6,8-10H2,(H,23,27)(H,25,26)(H,28,29). The molecular formula is C21H20N2O8S. The molecule has 11 heteroatoms. The van der Waals surface area contributed by atoms with Crippen LogP contribution in [0.5, 0.6) is 0 Å². The maximum absolute atomic E-state index is 12.8. The van der Waals surface area contributed by atoms with E-state index in [0.717, 1.165) is 29.8 Å². The van der Waals surface area contributed by atoms with Crippen molar-refractivity contribution in [1.82, 2.24) is 10.6 Å². The van der Waals surface area contributed by atoms with E-state index >= 15 is 0 Å². The van der Waals surface area contributed by atoms with Crippen LogP contribution in [0.15, 0.2) is 24.3 Å². The number of carboxylic acids is 2. The quantitative estimate of drug-likeness (QED) is 0.245. The van der Waals surface area contributed by atoms with Gasteiger partial charge in [-0.3, -0.25) is 9.59 Å². The van der Waals surface area contributed by atoms with E-state index in [1.807, 2.05) is 6.07 Å². The van der Waals surface area contributed by atoms with Gasteiger partial charge in [0, 0.05) is 28.1 Å². The number of carbonyl (C=O) groups excluding carboxylic acids is 2. The Morgan fingerprint density at radius 3 is 2.78 bits per heavy atom. The zero-order valence-electron chi connectivity index (χ0n) is 16.8. The topological polar surface area (TPSA) is 151 Å². The highest BCUT2D eigenvalue weighted by Crippen LogP contribution is 2.53. The molecule has 0 radical (unpaired) electrons. The normalized spacial score (nSPS) is 18.8. The molecule has 32 heavy (non-hydrogen) atoms. The molecule has 0 bridgehead atoms. The van der Waals surface area contributed by atoms with E-state index in [0.29, 0.717) is 11.4 Å². The van der Waals surface area contributed by atoms with Gasteiger partial charge in [0.25, 0.3) is 11.5 Å². The number of hydrogen-bond acceptors (Lipinski definition) is 8. The summed E-state index contributed by atoms with van der Waals surface area (Å²) in [5, 5.41) is 24.2. The number of nitrogens with one attached hydrogen (secondary N) is 2. The highest BCUT2D eigenvalue weighted by molar-refractivity contribution is 7.14. The smallest absolute Gasteiger partial charge is 0.348 e. The summed E-state index contributed by atoms with van der Waals surface area (Å²) in [4.78, 5) is 58.9. The Bertz CT molecular complexity index is 1090. The number of aryl methyl sites for hydroxylation is 1. The van der Waals surface area contributed by atoms with Crippen LogP contribution in [0.1, 0.15) is 48.0 Å². The molecule has 1 amide bonds. The molecular weight excluding hydrogens is 440 g/mol. The fraction of sp³-hybridized carbons (Fsp3) is 0.333. The number of fused-ring (bicyclic) bond motifs is 2. The fourth-order valence-corrected chi connectivity index (χ4v) is 4.91. The number of rotatable bonds is 9. The van der Waals surface area contributed by atoms with Gasteiger partial charge in [-0.1, -0.05) is 18.2 Å². The van der Waals surface area contributed by atoms with Crippen LogP contribution in [-0.2, 0) is 37.9 Å². The van der Waals surface area contributed by atoms with Crippen molar-refractivity contribution < 1.29 is 39.2 Å². The largest absolute Gasteiger partial charge is 0.479 e. The number of thiophene rings is 1. The molecule has 0 spiro atoms. The lowest BCUT2D eigenvalue weighted by Crippen LogP contribution is -2.30. The lowest BCUT2D eigenvalue weighted by Gasteiger charge is -2.11. The van der Waals surface area contributed by atoms with Gasteiger partial charge in [-0.25, -0.2) is 19.4 Å². The summed E-state index contributed by atoms with van der Waals surface area (Å²) in [5.41, 5.74) is -0.600. The van der Waals surface area contributed by atoms with Crippen LogP contribution >= 0.6 is 11.3 Å². The van der Waals surface area contributed by atoms with Crippen LogP contribution in [0.2, 0.25) is 0 Å². The maximum atomic E-state index is 12.8. The zero-order chi connectivity index (χ0) is 22.9. The fourth-order valence-electron chi connectivity index (χ4n) is 3.77. The third-order valence-electron chi connectivity index (χ3n) is 5.30. The number of ketones is 1. The van der Waals surface area contributed by atoms with Gasteiger partial charge in [0.05, 0.1) is 11.4 Å². The third-order valence-corrected chi connectivity index (χ3v) is 6.54. The van der Waals surface area contributed by atoms with Crippen LogP contribution in [-0.4, -0.2) is 53.5 Å². The molecule has 2 heterocycles. The van der Waals surface area contributed by atoms with Crippen molar-refractivity contribution in [3.63, 3.8) is 0 Å². The first-order chi connectivity index (χ1) is 15.3. The lowest BCUT2D eigenvalue weighted by atomic mass is 10.1. The molecule has 1 unspecified atom stereocenters. The molecule has 1 aromatic heterocycles. The molecule has 1 aromatic carbocycles. The van der Waals surface area contributed by atoms with E-state index in [1.54, 1.807) is 0 Å². The van der Waals surface area contributed by atoms with Crippen molar-refractivity contribution in [2.45, 2.75) is 25.0 Å². The Labute approximate surface area is 186 Å². The van der Waals surface area contributed by atoms with E-state index in [9.17, 15) is 24.3 Å². The highest BCUT2D eigenvalue weighted by atomic mass is 32.1. The summed E-state index contributed by atoms with van der Waals surface area (Å²) in [7, 11) is 0. The van der Waals surface area contributed by atoms with Gasteiger partial charge in [0.2, 0.25) is 0 Å². The summed E-state index contributed by atoms with van der Waals surface area (Å²) in [5.74, 6) is -3.65. The number of benzene rings is 1. The van der Waals surface area contributed by atoms with Crippen molar-refractivity contribution in [2.75, 3.05) is 19.7 Å². The second-order valence-electron chi connectivity index (χ2n) is 7.40. The number of Topliss-reactive ketones (excluding diaryl/α,β-unsaturated/α-hetero) is 1. The molecule has 10 nitrogen and oxygen atoms in total. The highest BCUT2D eigenvalue weighted by Gasteiger charge is 2.63. The number of amides is 1. The van der Waals surface area contributed by atoms with Gasteiger partial charge in [-0.15, -0.1) is 11.3 Å². The first-order valence-corrected chi connectivity index (χ1v) is 10.7. The second kappa shape index (κ2) is 8.79. The predicted molar refractivity (Wildman–Crippen MR) is 111 cm³/mol. The molecule has 168 valence electrons. The molecule has 2 aliphatic rings. The van der Waals surface area contributed by atoms with Crippen molar-refractivity contribution in [2.24, 2.45) is 0 Å².